The molecule has 0 unspecified atom stereocenters. The standard InChI is InChI=1S/C19H28F2N4O2.HI/c1-22-18(23-14-19(26-2)5-11-27-12-6-19)25-9-7-24(8-10-25)17-13-15(20)3-4-16(17)21;/h3-4,13H,5-12,14H2,1-2H3,(H,22,23);1H. The Kier molecular flexibility index (Phi) is 8.69. The highest BCUT2D eigenvalue weighted by Gasteiger charge is 2.33. The molecular weight excluding hydrogens is 481 g/mol. The molecule has 28 heavy (non-hydrogen) atoms. The van der Waals surface area contributed by atoms with Crippen LogP contribution >= 0.6 is 24.0 Å². The molecule has 1 aromatic carbocycles. The van der Waals surface area contributed by atoms with Crippen molar-refractivity contribution in [2.45, 2.75) is 18.4 Å². The Labute approximate surface area is 182 Å². The van der Waals surface area contributed by atoms with Crippen molar-refractivity contribution in [2.75, 3.05) is 65.0 Å². The summed E-state index contributed by atoms with van der Waals surface area (Å²) in [5.74, 6) is -0.0150. The van der Waals surface area contributed by atoms with E-state index in [9.17, 15) is 8.78 Å². The first-order chi connectivity index (χ1) is 13.1. The molecule has 0 aromatic heterocycles. The number of guanidine groups is 1. The number of ether oxygens (including phenoxy) is 2. The molecule has 0 saturated carbocycles. The number of piperazine rings is 1. The number of methoxy groups -OCH3 is 1. The first-order valence-electron chi connectivity index (χ1n) is 9.35. The molecular formula is C19H29F2IN4O2. The lowest BCUT2D eigenvalue weighted by molar-refractivity contribution is -0.0857. The Hall–Kier alpha value is -1.20. The van der Waals surface area contributed by atoms with Gasteiger partial charge in [0.15, 0.2) is 5.96 Å². The van der Waals surface area contributed by atoms with Crippen LogP contribution in [0, 0.1) is 11.6 Å². The summed E-state index contributed by atoms with van der Waals surface area (Å²) in [6, 6.07) is 3.57. The monoisotopic (exact) mass is 510 g/mol. The fourth-order valence-electron chi connectivity index (χ4n) is 3.66. The van der Waals surface area contributed by atoms with Gasteiger partial charge in [0.25, 0.3) is 0 Å². The lowest BCUT2D eigenvalue weighted by Crippen LogP contribution is -2.56. The molecule has 2 fully saturated rings. The fraction of sp³-hybridized carbons (Fsp3) is 0.632. The van der Waals surface area contributed by atoms with Crippen molar-refractivity contribution in [3.8, 4) is 0 Å². The first-order valence-corrected chi connectivity index (χ1v) is 9.35. The Morgan fingerprint density at radius 1 is 1.21 bits per heavy atom. The minimum absolute atomic E-state index is 0. The Morgan fingerprint density at radius 2 is 1.89 bits per heavy atom. The van der Waals surface area contributed by atoms with Gasteiger partial charge in [-0.15, -0.1) is 24.0 Å². The van der Waals surface area contributed by atoms with E-state index in [0.29, 0.717) is 51.6 Å². The Morgan fingerprint density at radius 3 is 2.50 bits per heavy atom. The maximum atomic E-state index is 14.0. The second-order valence-electron chi connectivity index (χ2n) is 6.97. The van der Waals surface area contributed by atoms with Crippen molar-refractivity contribution < 1.29 is 18.3 Å². The lowest BCUT2D eigenvalue weighted by Gasteiger charge is -2.40. The summed E-state index contributed by atoms with van der Waals surface area (Å²) in [7, 11) is 3.49. The van der Waals surface area contributed by atoms with Gasteiger partial charge in [-0.2, -0.15) is 0 Å². The van der Waals surface area contributed by atoms with Crippen LogP contribution in [0.2, 0.25) is 0 Å². The highest BCUT2D eigenvalue weighted by molar-refractivity contribution is 14.0. The van der Waals surface area contributed by atoms with E-state index in [0.717, 1.165) is 24.9 Å². The third-order valence-electron chi connectivity index (χ3n) is 5.45. The van der Waals surface area contributed by atoms with Crippen molar-refractivity contribution in [1.29, 1.82) is 0 Å². The summed E-state index contributed by atoms with van der Waals surface area (Å²) >= 11 is 0. The Bertz CT molecular complexity index is 663. The molecule has 0 aliphatic carbocycles. The van der Waals surface area contributed by atoms with Crippen molar-refractivity contribution in [2.24, 2.45) is 4.99 Å². The average molecular weight is 510 g/mol. The molecule has 9 heteroatoms. The van der Waals surface area contributed by atoms with E-state index in [1.54, 1.807) is 14.2 Å². The van der Waals surface area contributed by atoms with Gasteiger partial charge in [-0.1, -0.05) is 0 Å². The van der Waals surface area contributed by atoms with Gasteiger partial charge in [-0.05, 0) is 12.1 Å². The molecule has 6 nitrogen and oxygen atoms in total. The highest BCUT2D eigenvalue weighted by atomic mass is 127. The van der Waals surface area contributed by atoms with Crippen LogP contribution in [-0.2, 0) is 9.47 Å². The zero-order valence-corrected chi connectivity index (χ0v) is 18.7. The first kappa shape index (κ1) is 23.1. The van der Waals surface area contributed by atoms with Crippen molar-refractivity contribution in [3.05, 3.63) is 29.8 Å². The van der Waals surface area contributed by atoms with Gasteiger partial charge in [0.2, 0.25) is 0 Å². The quantitative estimate of drug-likeness (QED) is 0.384. The molecule has 1 aromatic rings. The van der Waals surface area contributed by atoms with E-state index in [2.05, 4.69) is 15.2 Å². The molecule has 2 aliphatic rings. The van der Waals surface area contributed by atoms with Crippen LogP contribution in [0.1, 0.15) is 12.8 Å². The molecule has 0 amide bonds. The number of nitrogens with zero attached hydrogens (tertiary/aromatic N) is 3. The molecule has 158 valence electrons. The van der Waals surface area contributed by atoms with Crippen LogP contribution in [0.15, 0.2) is 23.2 Å². The van der Waals surface area contributed by atoms with Crippen LogP contribution in [0.5, 0.6) is 0 Å². The van der Waals surface area contributed by atoms with Crippen molar-refractivity contribution in [3.63, 3.8) is 0 Å². The summed E-state index contributed by atoms with van der Waals surface area (Å²) in [4.78, 5) is 8.39. The number of hydrogen-bond acceptors (Lipinski definition) is 4. The number of rotatable bonds is 4. The molecule has 1 N–H and O–H groups in total. The largest absolute Gasteiger partial charge is 0.381 e. The van der Waals surface area contributed by atoms with E-state index in [-0.39, 0.29) is 29.6 Å². The number of nitrogens with one attached hydrogen (secondary N) is 1. The number of anilines is 1. The van der Waals surface area contributed by atoms with Crippen LogP contribution in [-0.4, -0.2) is 76.6 Å². The summed E-state index contributed by atoms with van der Waals surface area (Å²) in [6.07, 6.45) is 1.69. The van der Waals surface area contributed by atoms with Gasteiger partial charge >= 0.3 is 0 Å². The highest BCUT2D eigenvalue weighted by Crippen LogP contribution is 2.24. The Balaban J connectivity index is 0.00000280. The normalized spacial score (nSPS) is 19.9. The van der Waals surface area contributed by atoms with Crippen LogP contribution in [0.4, 0.5) is 14.5 Å². The predicted octanol–water partition coefficient (Wildman–Crippen LogP) is 2.48. The summed E-state index contributed by atoms with van der Waals surface area (Å²) in [6.45, 7) is 4.63. The molecule has 2 aliphatic heterocycles. The van der Waals surface area contributed by atoms with E-state index in [1.165, 1.54) is 12.1 Å². The zero-order chi connectivity index (χ0) is 19.3. The van der Waals surface area contributed by atoms with E-state index in [1.807, 2.05) is 4.90 Å². The zero-order valence-electron chi connectivity index (χ0n) is 16.4. The predicted molar refractivity (Wildman–Crippen MR) is 117 cm³/mol. The second kappa shape index (κ2) is 10.5. The van der Waals surface area contributed by atoms with Crippen LogP contribution < -0.4 is 10.2 Å². The van der Waals surface area contributed by atoms with E-state index in [4.69, 9.17) is 9.47 Å². The van der Waals surface area contributed by atoms with Gasteiger partial charge in [0, 0.05) is 79.0 Å². The van der Waals surface area contributed by atoms with Crippen LogP contribution in [0.25, 0.3) is 0 Å². The summed E-state index contributed by atoms with van der Waals surface area (Å²) < 4.78 is 38.7. The van der Waals surface area contributed by atoms with Gasteiger partial charge in [0.1, 0.15) is 11.6 Å². The number of benzene rings is 1. The molecule has 2 heterocycles. The molecule has 0 spiro atoms. The SMILES string of the molecule is CN=C(NCC1(OC)CCOCC1)N1CCN(c2cc(F)ccc2F)CC1.I. The van der Waals surface area contributed by atoms with Gasteiger partial charge in [-0.3, -0.25) is 4.99 Å². The number of hydrogen-bond donors (Lipinski definition) is 1. The molecule has 0 bridgehead atoms. The van der Waals surface area contributed by atoms with E-state index < -0.39 is 11.6 Å². The maximum absolute atomic E-state index is 14.0. The van der Waals surface area contributed by atoms with Crippen molar-refractivity contribution >= 4 is 35.6 Å². The van der Waals surface area contributed by atoms with Crippen LogP contribution in [0.3, 0.4) is 0 Å². The smallest absolute Gasteiger partial charge is 0.193 e. The van der Waals surface area contributed by atoms with Gasteiger partial charge in [0.05, 0.1) is 11.3 Å². The number of halogens is 3. The molecule has 2 saturated heterocycles. The topological polar surface area (TPSA) is 49.3 Å². The molecule has 0 radical (unpaired) electrons. The minimum Gasteiger partial charge on any atom is -0.381 e. The second-order valence-corrected chi connectivity index (χ2v) is 6.97. The molecule has 3 rings (SSSR count). The third-order valence-corrected chi connectivity index (χ3v) is 5.45. The average Bonchev–Trinajstić information content (AvgIpc) is 2.71. The maximum Gasteiger partial charge on any atom is 0.193 e. The van der Waals surface area contributed by atoms with Gasteiger partial charge < -0.3 is 24.6 Å². The lowest BCUT2D eigenvalue weighted by atomic mass is 9.94. The molecule has 0 atom stereocenters. The van der Waals surface area contributed by atoms with Crippen molar-refractivity contribution in [1.82, 2.24) is 10.2 Å². The van der Waals surface area contributed by atoms with E-state index >= 15 is 0 Å². The summed E-state index contributed by atoms with van der Waals surface area (Å²) in [5, 5.41) is 3.42. The minimum atomic E-state index is -0.423. The number of aliphatic imine (C=N–C) groups is 1. The third kappa shape index (κ3) is 5.44. The van der Waals surface area contributed by atoms with Gasteiger partial charge in [-0.25, -0.2) is 8.78 Å². The fourth-order valence-corrected chi connectivity index (χ4v) is 3.66. The summed E-state index contributed by atoms with van der Waals surface area (Å²) in [5.41, 5.74) is 0.0823.